The average Bonchev–Trinajstić information content (AvgIpc) is 2.68. The van der Waals surface area contributed by atoms with Crippen LogP contribution < -0.4 is 5.32 Å². The highest BCUT2D eigenvalue weighted by Crippen LogP contribution is 2.25. The molecule has 3 rings (SSSR count). The number of hydrogen-bond donors (Lipinski definition) is 1. The Kier molecular flexibility index (Phi) is 5.69. The van der Waals surface area contributed by atoms with Gasteiger partial charge in [0.25, 0.3) is 5.91 Å². The van der Waals surface area contributed by atoms with Gasteiger partial charge in [-0.3, -0.25) is 9.59 Å². The van der Waals surface area contributed by atoms with Crippen LogP contribution >= 0.6 is 0 Å². The number of aromatic nitrogens is 2. The van der Waals surface area contributed by atoms with E-state index in [0.29, 0.717) is 43.6 Å². The van der Waals surface area contributed by atoms with Crippen LogP contribution in [0.15, 0.2) is 36.7 Å². The zero-order valence-corrected chi connectivity index (χ0v) is 16.0. The summed E-state index contributed by atoms with van der Waals surface area (Å²) < 4.78 is 0. The maximum atomic E-state index is 12.6. The third kappa shape index (κ3) is 4.42. The number of nitrogens with zero attached hydrogens (tertiary/aromatic N) is 4. The van der Waals surface area contributed by atoms with Gasteiger partial charge < -0.3 is 15.1 Å². The summed E-state index contributed by atoms with van der Waals surface area (Å²) >= 11 is 0. The number of hydrogen-bond acceptors (Lipinski definition) is 5. The summed E-state index contributed by atoms with van der Waals surface area (Å²) in [5.41, 5.74) is 2.60. The lowest BCUT2D eigenvalue weighted by molar-refractivity contribution is -0.130. The van der Waals surface area contributed by atoms with Crippen molar-refractivity contribution in [3.8, 4) is 0 Å². The van der Waals surface area contributed by atoms with Crippen molar-refractivity contribution in [2.45, 2.75) is 26.7 Å². The number of amides is 2. The molecule has 0 atom stereocenters. The predicted octanol–water partition coefficient (Wildman–Crippen LogP) is 2.65. The first-order valence-electron chi connectivity index (χ1n) is 9.18. The van der Waals surface area contributed by atoms with E-state index < -0.39 is 0 Å². The van der Waals surface area contributed by atoms with E-state index in [-0.39, 0.29) is 11.8 Å². The quantitative estimate of drug-likeness (QED) is 0.899. The molecule has 2 amide bonds. The first-order valence-corrected chi connectivity index (χ1v) is 9.18. The average molecular weight is 367 g/mol. The highest BCUT2D eigenvalue weighted by molar-refractivity contribution is 5.94. The van der Waals surface area contributed by atoms with Crippen LogP contribution in [-0.4, -0.2) is 57.8 Å². The van der Waals surface area contributed by atoms with Crippen molar-refractivity contribution >= 4 is 23.5 Å². The monoisotopic (exact) mass is 367 g/mol. The topological polar surface area (TPSA) is 78.4 Å². The molecule has 142 valence electrons. The van der Waals surface area contributed by atoms with Gasteiger partial charge in [-0.15, -0.1) is 0 Å². The van der Waals surface area contributed by atoms with Crippen LogP contribution in [0.5, 0.6) is 0 Å². The van der Waals surface area contributed by atoms with Crippen LogP contribution in [0, 0.1) is 0 Å². The number of anilines is 2. The van der Waals surface area contributed by atoms with Gasteiger partial charge >= 0.3 is 0 Å². The summed E-state index contributed by atoms with van der Waals surface area (Å²) in [5, 5.41) is 3.23. The van der Waals surface area contributed by atoms with Crippen LogP contribution in [0.25, 0.3) is 0 Å². The van der Waals surface area contributed by atoms with Crippen LogP contribution in [0.3, 0.4) is 0 Å². The minimum atomic E-state index is -0.104. The van der Waals surface area contributed by atoms with Crippen LogP contribution in [0.1, 0.15) is 42.6 Å². The van der Waals surface area contributed by atoms with Gasteiger partial charge in [0.2, 0.25) is 11.9 Å². The van der Waals surface area contributed by atoms with Gasteiger partial charge in [0.1, 0.15) is 0 Å². The second-order valence-electron chi connectivity index (χ2n) is 6.96. The molecule has 1 fully saturated rings. The summed E-state index contributed by atoms with van der Waals surface area (Å²) in [7, 11) is 0. The third-order valence-electron chi connectivity index (χ3n) is 4.74. The highest BCUT2D eigenvalue weighted by atomic mass is 16.2. The van der Waals surface area contributed by atoms with Crippen LogP contribution in [-0.2, 0) is 4.79 Å². The van der Waals surface area contributed by atoms with Gasteiger partial charge in [0.15, 0.2) is 0 Å². The van der Waals surface area contributed by atoms with E-state index in [4.69, 9.17) is 0 Å². The summed E-state index contributed by atoms with van der Waals surface area (Å²) in [4.78, 5) is 36.1. The largest absolute Gasteiger partial charge is 0.339 e. The van der Waals surface area contributed by atoms with Crippen molar-refractivity contribution in [3.05, 3.63) is 47.8 Å². The van der Waals surface area contributed by atoms with Crippen molar-refractivity contribution in [1.29, 1.82) is 0 Å². The van der Waals surface area contributed by atoms with E-state index in [0.717, 1.165) is 5.69 Å². The number of nitrogens with one attached hydrogen (secondary N) is 1. The molecule has 7 nitrogen and oxygen atoms in total. The fourth-order valence-electron chi connectivity index (χ4n) is 3.14. The molecule has 7 heteroatoms. The fraction of sp³-hybridized carbons (Fsp3) is 0.400. The normalized spacial score (nSPS) is 14.4. The molecule has 2 aromatic rings. The summed E-state index contributed by atoms with van der Waals surface area (Å²) in [6, 6.07) is 8.04. The maximum absolute atomic E-state index is 12.6. The molecule has 1 aromatic carbocycles. The standard InChI is InChI=1S/C20H25N5O2/c1-14(2)17-6-4-5-7-18(17)23-20-21-12-16(13-22-20)19(27)25-10-8-24(9-11-25)15(3)26/h4-7,12-14H,8-11H2,1-3H3,(H,21,22,23). The molecular weight excluding hydrogens is 342 g/mol. The number of para-hydroxylation sites is 1. The molecule has 0 radical (unpaired) electrons. The van der Waals surface area contributed by atoms with E-state index in [9.17, 15) is 9.59 Å². The van der Waals surface area contributed by atoms with Crippen LogP contribution in [0.2, 0.25) is 0 Å². The minimum absolute atomic E-state index is 0.0440. The first kappa shape index (κ1) is 18.8. The molecule has 27 heavy (non-hydrogen) atoms. The Morgan fingerprint density at radius 2 is 1.59 bits per heavy atom. The molecule has 1 aliphatic heterocycles. The zero-order chi connectivity index (χ0) is 19.4. The zero-order valence-electron chi connectivity index (χ0n) is 16.0. The van der Waals surface area contributed by atoms with Crippen molar-refractivity contribution in [1.82, 2.24) is 19.8 Å². The number of carbonyl (C=O) groups excluding carboxylic acids is 2. The number of piperazine rings is 1. The molecular formula is C20H25N5O2. The van der Waals surface area contributed by atoms with E-state index >= 15 is 0 Å². The molecule has 1 N–H and O–H groups in total. The summed E-state index contributed by atoms with van der Waals surface area (Å²) in [5.74, 6) is 0.777. The maximum Gasteiger partial charge on any atom is 0.257 e. The van der Waals surface area contributed by atoms with Crippen molar-refractivity contribution in [2.24, 2.45) is 0 Å². The Hall–Kier alpha value is -2.96. The van der Waals surface area contributed by atoms with Gasteiger partial charge in [0, 0.05) is 51.2 Å². The molecule has 1 aliphatic rings. The lowest BCUT2D eigenvalue weighted by Crippen LogP contribution is -2.50. The Balaban J connectivity index is 1.66. The molecule has 2 heterocycles. The summed E-state index contributed by atoms with van der Waals surface area (Å²) in [6.07, 6.45) is 3.10. The Morgan fingerprint density at radius 1 is 1.00 bits per heavy atom. The Morgan fingerprint density at radius 3 is 2.19 bits per heavy atom. The summed E-state index contributed by atoms with van der Waals surface area (Å²) in [6.45, 7) is 8.00. The minimum Gasteiger partial charge on any atom is -0.339 e. The van der Waals surface area contributed by atoms with Crippen molar-refractivity contribution in [2.75, 3.05) is 31.5 Å². The molecule has 0 spiro atoms. The van der Waals surface area contributed by atoms with Crippen LogP contribution in [0.4, 0.5) is 11.6 Å². The first-order chi connectivity index (χ1) is 13.0. The SMILES string of the molecule is CC(=O)N1CCN(C(=O)c2cnc(Nc3ccccc3C(C)C)nc2)CC1. The number of benzene rings is 1. The molecule has 0 aliphatic carbocycles. The molecule has 0 unspecified atom stereocenters. The van der Waals surface area contributed by atoms with Gasteiger partial charge in [-0.1, -0.05) is 32.0 Å². The lowest BCUT2D eigenvalue weighted by atomic mass is 10.0. The molecule has 0 bridgehead atoms. The van der Waals surface area contributed by atoms with E-state index in [1.165, 1.54) is 5.56 Å². The van der Waals surface area contributed by atoms with E-state index in [1.807, 2.05) is 18.2 Å². The van der Waals surface area contributed by atoms with Crippen molar-refractivity contribution in [3.63, 3.8) is 0 Å². The highest BCUT2D eigenvalue weighted by Gasteiger charge is 2.23. The van der Waals surface area contributed by atoms with Gasteiger partial charge in [-0.05, 0) is 17.5 Å². The molecule has 1 aromatic heterocycles. The third-order valence-corrected chi connectivity index (χ3v) is 4.74. The van der Waals surface area contributed by atoms with Gasteiger partial charge in [-0.2, -0.15) is 0 Å². The fourth-order valence-corrected chi connectivity index (χ4v) is 3.14. The Bertz CT molecular complexity index is 811. The van der Waals surface area contributed by atoms with E-state index in [1.54, 1.807) is 29.1 Å². The lowest BCUT2D eigenvalue weighted by Gasteiger charge is -2.34. The Labute approximate surface area is 159 Å². The van der Waals surface area contributed by atoms with Crippen molar-refractivity contribution < 1.29 is 9.59 Å². The van der Waals surface area contributed by atoms with Gasteiger partial charge in [-0.25, -0.2) is 9.97 Å². The smallest absolute Gasteiger partial charge is 0.257 e. The molecule has 0 saturated carbocycles. The number of carbonyl (C=O) groups is 2. The molecule has 1 saturated heterocycles. The number of rotatable bonds is 4. The van der Waals surface area contributed by atoms with Gasteiger partial charge in [0.05, 0.1) is 5.56 Å². The second kappa shape index (κ2) is 8.16. The van der Waals surface area contributed by atoms with E-state index in [2.05, 4.69) is 35.2 Å². The predicted molar refractivity (Wildman–Crippen MR) is 104 cm³/mol. The second-order valence-corrected chi connectivity index (χ2v) is 6.96.